The van der Waals surface area contributed by atoms with Crippen LogP contribution in [0.25, 0.3) is 10.2 Å². The van der Waals surface area contributed by atoms with Gasteiger partial charge in [0.25, 0.3) is 0 Å². The third-order valence-corrected chi connectivity index (χ3v) is 5.30. The van der Waals surface area contributed by atoms with Crippen molar-refractivity contribution in [3.05, 3.63) is 56.6 Å². The first-order chi connectivity index (χ1) is 13.9. The summed E-state index contributed by atoms with van der Waals surface area (Å²) in [5, 5.41) is 10.7. The quantitative estimate of drug-likeness (QED) is 0.330. The number of benzene rings is 1. The van der Waals surface area contributed by atoms with Crippen LogP contribution in [-0.2, 0) is 22.5 Å². The largest absolute Gasteiger partial charge is 0.468 e. The minimum absolute atomic E-state index is 0.116. The summed E-state index contributed by atoms with van der Waals surface area (Å²) < 4.78 is 12.1. The summed E-state index contributed by atoms with van der Waals surface area (Å²) in [7, 11) is 1.28. The van der Waals surface area contributed by atoms with Crippen molar-refractivity contribution in [3.63, 3.8) is 0 Å². The molecule has 0 fully saturated rings. The molecule has 0 N–H and O–H groups in total. The molecule has 0 bridgehead atoms. The Kier molecular flexibility index (Phi) is 6.23. The summed E-state index contributed by atoms with van der Waals surface area (Å²) in [4.78, 5) is 38.6. The number of esters is 1. The van der Waals surface area contributed by atoms with E-state index in [0.29, 0.717) is 0 Å². The highest BCUT2D eigenvalue weighted by Gasteiger charge is 2.18. The summed E-state index contributed by atoms with van der Waals surface area (Å²) in [5.41, 5.74) is 1.91. The van der Waals surface area contributed by atoms with Crippen LogP contribution >= 0.6 is 11.3 Å². The third-order valence-electron chi connectivity index (χ3n) is 4.26. The molecule has 0 aliphatic carbocycles. The van der Waals surface area contributed by atoms with Gasteiger partial charge in [-0.1, -0.05) is 30.7 Å². The van der Waals surface area contributed by atoms with Gasteiger partial charge in [0, 0.05) is 0 Å². The Morgan fingerprint density at radius 2 is 2.10 bits per heavy atom. The summed E-state index contributed by atoms with van der Waals surface area (Å²) in [5.74, 6) is -2.04. The van der Waals surface area contributed by atoms with Crippen LogP contribution < -0.4 is 4.80 Å². The van der Waals surface area contributed by atoms with Crippen LogP contribution in [0.3, 0.4) is 0 Å². The maximum atomic E-state index is 12.4. The monoisotopic (exact) mass is 417 g/mol. The van der Waals surface area contributed by atoms with Crippen molar-refractivity contribution in [2.45, 2.75) is 32.7 Å². The molecule has 0 radical (unpaired) electrons. The number of furan rings is 1. The highest BCUT2D eigenvalue weighted by Crippen LogP contribution is 2.21. The van der Waals surface area contributed by atoms with Crippen molar-refractivity contribution < 1.29 is 23.7 Å². The Labute approximate surface area is 169 Å². The lowest BCUT2D eigenvalue weighted by Gasteiger charge is -2.04. The first-order valence-electron chi connectivity index (χ1n) is 8.95. The van der Waals surface area contributed by atoms with Crippen LogP contribution in [0.15, 0.2) is 39.7 Å². The van der Waals surface area contributed by atoms with E-state index >= 15 is 0 Å². The summed E-state index contributed by atoms with van der Waals surface area (Å²) >= 11 is 1.25. The van der Waals surface area contributed by atoms with Crippen molar-refractivity contribution in [2.24, 2.45) is 4.99 Å². The SMILES string of the molecule is CCCCc1ccc2c(c1)sc(=NC(=O)c1ccc([N+](=O)[O-])o1)n2CC(=O)OC. The number of carbonyl (C=O) groups is 2. The number of hydrogen-bond acceptors (Lipinski definition) is 7. The molecule has 0 saturated carbocycles. The number of methoxy groups -OCH3 is 1. The fourth-order valence-electron chi connectivity index (χ4n) is 2.77. The number of nitro groups is 1. The van der Waals surface area contributed by atoms with Gasteiger partial charge in [-0.25, -0.2) is 0 Å². The molecule has 10 heteroatoms. The smallest absolute Gasteiger partial charge is 0.433 e. The van der Waals surface area contributed by atoms with Gasteiger partial charge >= 0.3 is 17.8 Å². The number of thiazole rings is 1. The molecule has 0 unspecified atom stereocenters. The van der Waals surface area contributed by atoms with Gasteiger partial charge in [-0.15, -0.1) is 0 Å². The number of unbranched alkanes of at least 4 members (excludes halogenated alkanes) is 1. The van der Waals surface area contributed by atoms with E-state index in [9.17, 15) is 19.7 Å². The van der Waals surface area contributed by atoms with Crippen molar-refractivity contribution in [1.29, 1.82) is 0 Å². The Morgan fingerprint density at radius 1 is 1.31 bits per heavy atom. The Balaban J connectivity index is 2.06. The number of nitrogens with zero attached hydrogens (tertiary/aromatic N) is 3. The number of rotatable bonds is 7. The van der Waals surface area contributed by atoms with E-state index < -0.39 is 22.7 Å². The predicted molar refractivity (Wildman–Crippen MR) is 106 cm³/mol. The van der Waals surface area contributed by atoms with Crippen LogP contribution in [0.1, 0.15) is 35.9 Å². The highest BCUT2D eigenvalue weighted by molar-refractivity contribution is 7.16. The zero-order valence-electron chi connectivity index (χ0n) is 15.9. The zero-order chi connectivity index (χ0) is 21.0. The summed E-state index contributed by atoms with van der Waals surface area (Å²) in [6.07, 6.45) is 3.07. The van der Waals surface area contributed by atoms with Gasteiger partial charge in [-0.3, -0.25) is 19.7 Å². The third kappa shape index (κ3) is 4.60. The molecule has 3 aromatic rings. The van der Waals surface area contributed by atoms with Crippen LogP contribution in [0.2, 0.25) is 0 Å². The predicted octanol–water partition coefficient (Wildman–Crippen LogP) is 3.46. The Morgan fingerprint density at radius 3 is 2.76 bits per heavy atom. The fraction of sp³-hybridized carbons (Fsp3) is 0.316. The van der Waals surface area contributed by atoms with E-state index in [1.54, 1.807) is 4.57 Å². The molecule has 0 saturated heterocycles. The lowest BCUT2D eigenvalue weighted by Crippen LogP contribution is -2.22. The minimum atomic E-state index is -0.769. The molecular formula is C19H19N3O6S. The maximum absolute atomic E-state index is 12.4. The number of ether oxygens (including phenoxy) is 1. The first-order valence-corrected chi connectivity index (χ1v) is 9.77. The molecule has 0 aliphatic rings. The number of carbonyl (C=O) groups excluding carboxylic acids is 2. The van der Waals surface area contributed by atoms with Gasteiger partial charge in [0.1, 0.15) is 11.5 Å². The molecule has 152 valence electrons. The van der Waals surface area contributed by atoms with Gasteiger partial charge in [-0.2, -0.15) is 4.99 Å². The second kappa shape index (κ2) is 8.82. The standard InChI is InChI=1S/C19H19N3O6S/c1-3-4-5-12-6-7-13-15(10-12)29-19(21(13)11-17(23)27-2)20-18(24)14-8-9-16(28-14)22(25)26/h6-10H,3-5,11H2,1-2H3. The highest BCUT2D eigenvalue weighted by atomic mass is 32.1. The zero-order valence-corrected chi connectivity index (χ0v) is 16.7. The van der Waals surface area contributed by atoms with Crippen molar-refractivity contribution >= 4 is 39.3 Å². The molecule has 0 aliphatic heterocycles. The average molecular weight is 417 g/mol. The van der Waals surface area contributed by atoms with E-state index in [4.69, 9.17) is 9.15 Å². The van der Waals surface area contributed by atoms with E-state index in [2.05, 4.69) is 11.9 Å². The second-order valence-corrected chi connectivity index (χ2v) is 7.27. The topological polar surface area (TPSA) is 117 Å². The van der Waals surface area contributed by atoms with Gasteiger partial charge in [0.05, 0.1) is 23.4 Å². The maximum Gasteiger partial charge on any atom is 0.433 e. The van der Waals surface area contributed by atoms with Crippen LogP contribution in [0, 0.1) is 10.1 Å². The molecule has 1 aromatic carbocycles. The van der Waals surface area contributed by atoms with Gasteiger partial charge < -0.3 is 13.7 Å². The molecule has 2 aromatic heterocycles. The lowest BCUT2D eigenvalue weighted by atomic mass is 10.1. The van der Waals surface area contributed by atoms with Crippen molar-refractivity contribution in [3.8, 4) is 0 Å². The van der Waals surface area contributed by atoms with Crippen LogP contribution in [0.5, 0.6) is 0 Å². The van der Waals surface area contributed by atoms with E-state index in [-0.39, 0.29) is 17.1 Å². The second-order valence-electron chi connectivity index (χ2n) is 6.26. The number of aromatic nitrogens is 1. The van der Waals surface area contributed by atoms with Gasteiger partial charge in [-0.05, 0) is 36.6 Å². The molecule has 1 amide bonds. The van der Waals surface area contributed by atoms with Crippen molar-refractivity contribution in [2.75, 3.05) is 7.11 Å². The summed E-state index contributed by atoms with van der Waals surface area (Å²) in [6.45, 7) is 2.00. The number of aryl methyl sites for hydroxylation is 1. The minimum Gasteiger partial charge on any atom is -0.468 e. The normalized spacial score (nSPS) is 11.7. The van der Waals surface area contributed by atoms with Crippen LogP contribution in [-0.4, -0.2) is 28.5 Å². The summed E-state index contributed by atoms with van der Waals surface area (Å²) in [6, 6.07) is 8.19. The molecule has 3 rings (SSSR count). The molecule has 0 atom stereocenters. The molecule has 2 heterocycles. The van der Waals surface area contributed by atoms with E-state index in [1.165, 1.54) is 24.5 Å². The van der Waals surface area contributed by atoms with E-state index in [1.807, 2.05) is 18.2 Å². The average Bonchev–Trinajstić information content (AvgIpc) is 3.32. The molecule has 9 nitrogen and oxygen atoms in total. The Bertz CT molecular complexity index is 1140. The number of amides is 1. The van der Waals surface area contributed by atoms with Crippen molar-refractivity contribution in [1.82, 2.24) is 4.57 Å². The van der Waals surface area contributed by atoms with Gasteiger partial charge in [0.15, 0.2) is 4.80 Å². The number of hydrogen-bond donors (Lipinski definition) is 0. The van der Waals surface area contributed by atoms with E-state index in [0.717, 1.165) is 41.1 Å². The Hall–Kier alpha value is -3.27. The fourth-order valence-corrected chi connectivity index (χ4v) is 3.86. The first kappa shape index (κ1) is 20.5. The molecule has 0 spiro atoms. The molecular weight excluding hydrogens is 398 g/mol. The molecule has 29 heavy (non-hydrogen) atoms. The number of fused-ring (bicyclic) bond motifs is 1. The van der Waals surface area contributed by atoms with Crippen LogP contribution in [0.4, 0.5) is 5.88 Å². The lowest BCUT2D eigenvalue weighted by molar-refractivity contribution is -0.402. The van der Waals surface area contributed by atoms with Gasteiger partial charge in [0.2, 0.25) is 5.76 Å².